The van der Waals surface area contributed by atoms with Gasteiger partial charge < -0.3 is 0 Å². The van der Waals surface area contributed by atoms with Crippen LogP contribution in [0.1, 0.15) is 49.9 Å². The quantitative estimate of drug-likeness (QED) is 0.197. The van der Waals surface area contributed by atoms with Gasteiger partial charge in [-0.1, -0.05) is 149 Å². The molecule has 0 spiro atoms. The lowest BCUT2D eigenvalue weighted by Crippen LogP contribution is -2.15. The molecule has 1 aromatic heterocycles. The molecule has 6 aromatic carbocycles. The first-order valence-electron chi connectivity index (χ1n) is 16.7. The topological polar surface area (TPSA) is 38.7 Å². The van der Waals surface area contributed by atoms with Crippen LogP contribution in [-0.2, 0) is 10.8 Å². The molecule has 230 valence electrons. The normalized spacial score (nSPS) is 14.6. The van der Waals surface area contributed by atoms with Gasteiger partial charge in [0.25, 0.3) is 0 Å². The molecule has 0 N–H and O–H groups in total. The molecule has 0 unspecified atom stereocenters. The molecule has 3 nitrogen and oxygen atoms in total. The number of benzene rings is 6. The maximum absolute atomic E-state index is 5.01. The maximum atomic E-state index is 5.01. The van der Waals surface area contributed by atoms with E-state index in [9.17, 15) is 0 Å². The van der Waals surface area contributed by atoms with Crippen molar-refractivity contribution in [1.82, 2.24) is 15.0 Å². The van der Waals surface area contributed by atoms with Crippen LogP contribution in [0.3, 0.4) is 0 Å². The lowest BCUT2D eigenvalue weighted by atomic mass is 9.80. The Labute approximate surface area is 282 Å². The third-order valence-electron chi connectivity index (χ3n) is 10.6. The van der Waals surface area contributed by atoms with E-state index in [4.69, 9.17) is 15.0 Å². The molecule has 0 aliphatic heterocycles. The molecule has 0 saturated carbocycles. The van der Waals surface area contributed by atoms with Crippen LogP contribution in [0.5, 0.6) is 0 Å². The second-order valence-electron chi connectivity index (χ2n) is 14.1. The monoisotopic (exact) mass is 617 g/mol. The lowest BCUT2D eigenvalue weighted by molar-refractivity contribution is 0.659. The molecular formula is C45H35N3. The zero-order valence-corrected chi connectivity index (χ0v) is 27.6. The number of rotatable bonds is 4. The average molecular weight is 618 g/mol. The summed E-state index contributed by atoms with van der Waals surface area (Å²) in [6, 6.07) is 49.9. The smallest absolute Gasteiger partial charge is 0.164 e. The summed E-state index contributed by atoms with van der Waals surface area (Å²) in [6.07, 6.45) is 0. The molecule has 7 aromatic rings. The van der Waals surface area contributed by atoms with Crippen molar-refractivity contribution in [3.63, 3.8) is 0 Å². The van der Waals surface area contributed by atoms with Crippen molar-refractivity contribution < 1.29 is 0 Å². The van der Waals surface area contributed by atoms with Gasteiger partial charge >= 0.3 is 0 Å². The molecule has 9 rings (SSSR count). The molecule has 2 aliphatic rings. The van der Waals surface area contributed by atoms with Crippen molar-refractivity contribution in [2.45, 2.75) is 38.5 Å². The molecule has 0 bridgehead atoms. The van der Waals surface area contributed by atoms with Crippen molar-refractivity contribution >= 4 is 0 Å². The zero-order chi connectivity index (χ0) is 32.6. The summed E-state index contributed by atoms with van der Waals surface area (Å²) >= 11 is 0. The van der Waals surface area contributed by atoms with Crippen LogP contribution in [0, 0.1) is 0 Å². The van der Waals surface area contributed by atoms with E-state index in [1.807, 2.05) is 36.4 Å². The van der Waals surface area contributed by atoms with Crippen LogP contribution in [0.15, 0.2) is 140 Å². The second kappa shape index (κ2) is 10.4. The molecule has 0 fully saturated rings. The van der Waals surface area contributed by atoms with Gasteiger partial charge in [-0.3, -0.25) is 0 Å². The van der Waals surface area contributed by atoms with Gasteiger partial charge in [0, 0.05) is 27.5 Å². The minimum Gasteiger partial charge on any atom is -0.208 e. The van der Waals surface area contributed by atoms with E-state index < -0.39 is 0 Å². The Morgan fingerprint density at radius 3 is 1.17 bits per heavy atom. The molecule has 1 heterocycles. The highest BCUT2D eigenvalue weighted by molar-refractivity contribution is 5.87. The Morgan fingerprint density at radius 2 is 0.667 bits per heavy atom. The van der Waals surface area contributed by atoms with Gasteiger partial charge in [0.2, 0.25) is 0 Å². The summed E-state index contributed by atoms with van der Waals surface area (Å²) in [5, 5.41) is 0. The van der Waals surface area contributed by atoms with Crippen molar-refractivity contribution in [2.75, 3.05) is 0 Å². The van der Waals surface area contributed by atoms with E-state index in [1.165, 1.54) is 55.6 Å². The minimum absolute atomic E-state index is 0.0274. The summed E-state index contributed by atoms with van der Waals surface area (Å²) in [5.41, 5.74) is 16.0. The highest BCUT2D eigenvalue weighted by Gasteiger charge is 2.37. The molecule has 48 heavy (non-hydrogen) atoms. The standard InChI is InChI=1S/C45H35N3/c1-44(2)37-18-12-11-17-33(37)34-22-19-30(25-38(34)44)31-20-23-35-36-24-21-32(27-40(36)45(3,4)39(35)26-31)43-47-41(28-13-7-5-8-14-28)46-42(48-43)29-15-9-6-10-16-29/h5-27H,1-4H3. The third-order valence-corrected chi connectivity index (χ3v) is 10.6. The van der Waals surface area contributed by atoms with Gasteiger partial charge in [-0.2, -0.15) is 0 Å². The number of hydrogen-bond acceptors (Lipinski definition) is 3. The number of aromatic nitrogens is 3. The first kappa shape index (κ1) is 28.5. The summed E-state index contributed by atoms with van der Waals surface area (Å²) in [4.78, 5) is 14.9. The maximum Gasteiger partial charge on any atom is 0.164 e. The van der Waals surface area contributed by atoms with Crippen LogP contribution in [0.2, 0.25) is 0 Å². The summed E-state index contributed by atoms with van der Waals surface area (Å²) in [7, 11) is 0. The van der Waals surface area contributed by atoms with E-state index in [2.05, 4.69) is 131 Å². The molecule has 0 atom stereocenters. The fourth-order valence-electron chi connectivity index (χ4n) is 7.88. The average Bonchev–Trinajstić information content (AvgIpc) is 3.50. The lowest BCUT2D eigenvalue weighted by Gasteiger charge is -2.23. The Bertz CT molecular complexity index is 2330. The zero-order valence-electron chi connectivity index (χ0n) is 27.6. The third kappa shape index (κ3) is 4.31. The van der Waals surface area contributed by atoms with E-state index in [0.717, 1.165) is 16.7 Å². The van der Waals surface area contributed by atoms with Gasteiger partial charge in [0.15, 0.2) is 17.5 Å². The number of nitrogens with zero attached hydrogens (tertiary/aromatic N) is 3. The number of hydrogen-bond donors (Lipinski definition) is 0. The molecule has 2 aliphatic carbocycles. The van der Waals surface area contributed by atoms with Gasteiger partial charge in [-0.05, 0) is 73.8 Å². The molecule has 0 saturated heterocycles. The Morgan fingerprint density at radius 1 is 0.312 bits per heavy atom. The summed E-state index contributed by atoms with van der Waals surface area (Å²) in [6.45, 7) is 9.37. The SMILES string of the molecule is CC1(C)c2ccccc2-c2ccc(-c3ccc4c(c3)C(C)(C)c3cc(-c5nc(-c6ccccc6)nc(-c6ccccc6)n5)ccc3-4)cc21. The van der Waals surface area contributed by atoms with Crippen molar-refractivity contribution in [3.05, 3.63) is 162 Å². The Kier molecular flexibility index (Phi) is 6.20. The predicted molar refractivity (Wildman–Crippen MR) is 197 cm³/mol. The predicted octanol–water partition coefficient (Wildman–Crippen LogP) is 11.2. The van der Waals surface area contributed by atoms with E-state index in [1.54, 1.807) is 0 Å². The highest BCUT2D eigenvalue weighted by Crippen LogP contribution is 2.52. The van der Waals surface area contributed by atoms with Gasteiger partial charge in [-0.25, -0.2) is 15.0 Å². The highest BCUT2D eigenvalue weighted by atomic mass is 15.0. The Hall–Kier alpha value is -5.67. The summed E-state index contributed by atoms with van der Waals surface area (Å²) in [5.74, 6) is 2.03. The second-order valence-corrected chi connectivity index (χ2v) is 14.1. The molecular weight excluding hydrogens is 583 g/mol. The first-order valence-corrected chi connectivity index (χ1v) is 16.7. The first-order chi connectivity index (χ1) is 23.3. The molecule has 0 amide bonds. The minimum atomic E-state index is -0.194. The Balaban J connectivity index is 1.12. The summed E-state index contributed by atoms with van der Waals surface area (Å²) < 4.78 is 0. The van der Waals surface area contributed by atoms with Gasteiger partial charge in [-0.15, -0.1) is 0 Å². The fourth-order valence-corrected chi connectivity index (χ4v) is 7.88. The van der Waals surface area contributed by atoms with Crippen molar-refractivity contribution in [2.24, 2.45) is 0 Å². The molecule has 3 heteroatoms. The number of fused-ring (bicyclic) bond motifs is 6. The van der Waals surface area contributed by atoms with Crippen LogP contribution in [0.4, 0.5) is 0 Å². The van der Waals surface area contributed by atoms with E-state index >= 15 is 0 Å². The van der Waals surface area contributed by atoms with Crippen LogP contribution in [0.25, 0.3) is 67.5 Å². The van der Waals surface area contributed by atoms with E-state index in [-0.39, 0.29) is 10.8 Å². The van der Waals surface area contributed by atoms with Crippen molar-refractivity contribution in [3.8, 4) is 67.5 Å². The van der Waals surface area contributed by atoms with Gasteiger partial charge in [0.1, 0.15) is 0 Å². The largest absolute Gasteiger partial charge is 0.208 e. The van der Waals surface area contributed by atoms with Crippen molar-refractivity contribution in [1.29, 1.82) is 0 Å². The van der Waals surface area contributed by atoms with Crippen LogP contribution in [-0.4, -0.2) is 15.0 Å². The molecule has 0 radical (unpaired) electrons. The van der Waals surface area contributed by atoms with Crippen LogP contribution < -0.4 is 0 Å². The fraction of sp³-hybridized carbons (Fsp3) is 0.133. The van der Waals surface area contributed by atoms with Gasteiger partial charge in [0.05, 0.1) is 0 Å². The van der Waals surface area contributed by atoms with Crippen LogP contribution >= 0.6 is 0 Å². The van der Waals surface area contributed by atoms with E-state index in [0.29, 0.717) is 17.5 Å².